The highest BCUT2D eigenvalue weighted by molar-refractivity contribution is 9.10. The van der Waals surface area contributed by atoms with E-state index in [2.05, 4.69) is 15.9 Å². The molecule has 8 heteroatoms. The first-order valence-electron chi connectivity index (χ1n) is 9.74. The van der Waals surface area contributed by atoms with Crippen LogP contribution in [0.25, 0.3) is 11.3 Å². The van der Waals surface area contributed by atoms with Gasteiger partial charge in [-0.3, -0.25) is 4.68 Å². The zero-order valence-corrected chi connectivity index (χ0v) is 18.6. The highest BCUT2D eigenvalue weighted by atomic mass is 79.9. The number of hydrogen-bond donors (Lipinski definition) is 0. The minimum Gasteiger partial charge on any atom is -0.494 e. The number of rotatable bonds is 3. The first kappa shape index (κ1) is 20.2. The molecule has 1 saturated carbocycles. The molecular formula is C21H25BrFN3O3. The maximum absolute atomic E-state index is 14.1. The van der Waals surface area contributed by atoms with Crippen LogP contribution in [-0.4, -0.2) is 46.1 Å². The molecule has 0 radical (unpaired) electrons. The molecule has 2 aliphatic rings. The maximum Gasteiger partial charge on any atom is 0.410 e. The predicted octanol–water partition coefficient (Wildman–Crippen LogP) is 5.03. The minimum absolute atomic E-state index is 0.171. The number of hydrogen-bond acceptors (Lipinski definition) is 4. The van der Waals surface area contributed by atoms with Crippen LogP contribution in [-0.2, 0) is 4.74 Å². The average molecular weight is 466 g/mol. The fourth-order valence-corrected chi connectivity index (χ4v) is 4.86. The van der Waals surface area contributed by atoms with E-state index < -0.39 is 11.4 Å². The van der Waals surface area contributed by atoms with E-state index in [0.29, 0.717) is 23.7 Å². The van der Waals surface area contributed by atoms with Crippen LogP contribution in [0.3, 0.4) is 0 Å². The van der Waals surface area contributed by atoms with E-state index in [4.69, 9.17) is 14.6 Å². The van der Waals surface area contributed by atoms with Gasteiger partial charge >= 0.3 is 6.09 Å². The molecule has 29 heavy (non-hydrogen) atoms. The molecule has 4 rings (SSSR count). The number of likely N-dealkylation sites (tertiary alicyclic amines) is 1. The standard InChI is InChI=1S/C21H25BrFN3O3/c1-21(2,3)29-20(27)25-10-13-7-14(25)9-17(13)26-11-15(22)19(24-26)12-5-6-18(28-4)16(23)8-12/h5-6,8,11,13-14,17H,7,9-10H2,1-4H3. The lowest BCUT2D eigenvalue weighted by Gasteiger charge is -2.33. The van der Waals surface area contributed by atoms with Crippen molar-refractivity contribution >= 4 is 22.0 Å². The number of piperidine rings is 1. The Hall–Kier alpha value is -2.09. The number of methoxy groups -OCH3 is 1. The lowest BCUT2D eigenvalue weighted by Crippen LogP contribution is -2.43. The number of ether oxygens (including phenoxy) is 2. The zero-order chi connectivity index (χ0) is 20.9. The normalized spacial score (nSPS) is 23.5. The Kier molecular flexibility index (Phi) is 5.09. The molecule has 156 valence electrons. The van der Waals surface area contributed by atoms with Gasteiger partial charge in [0.05, 0.1) is 17.6 Å². The summed E-state index contributed by atoms with van der Waals surface area (Å²) in [5, 5.41) is 4.73. The SMILES string of the molecule is COc1ccc(-c2nn(C3CC4CC3CN4C(=O)OC(C)(C)C)cc2Br)cc1F. The summed E-state index contributed by atoms with van der Waals surface area (Å²) in [6.07, 6.45) is 3.50. The molecule has 3 atom stereocenters. The summed E-state index contributed by atoms with van der Waals surface area (Å²) in [4.78, 5) is 14.3. The van der Waals surface area contributed by atoms with E-state index in [1.165, 1.54) is 13.2 Å². The molecule has 0 N–H and O–H groups in total. The van der Waals surface area contributed by atoms with E-state index in [1.807, 2.05) is 36.5 Å². The van der Waals surface area contributed by atoms with Crippen molar-refractivity contribution in [2.75, 3.05) is 13.7 Å². The molecule has 2 heterocycles. The number of carbonyl (C=O) groups excluding carboxylic acids is 1. The molecule has 1 saturated heterocycles. The van der Waals surface area contributed by atoms with Gasteiger partial charge in [-0.2, -0.15) is 5.10 Å². The number of amides is 1. The third-order valence-corrected chi connectivity index (χ3v) is 6.17. The van der Waals surface area contributed by atoms with Gasteiger partial charge in [-0.1, -0.05) is 0 Å². The Balaban J connectivity index is 1.50. The van der Waals surface area contributed by atoms with E-state index in [-0.39, 0.29) is 23.9 Å². The number of aromatic nitrogens is 2. The fourth-order valence-electron chi connectivity index (χ4n) is 4.34. The second kappa shape index (κ2) is 7.31. The molecule has 0 spiro atoms. The van der Waals surface area contributed by atoms with Crippen molar-refractivity contribution in [3.8, 4) is 17.0 Å². The highest BCUT2D eigenvalue weighted by Crippen LogP contribution is 2.46. The van der Waals surface area contributed by atoms with E-state index in [0.717, 1.165) is 17.3 Å². The Bertz CT molecular complexity index is 940. The maximum atomic E-state index is 14.1. The summed E-state index contributed by atoms with van der Waals surface area (Å²) >= 11 is 3.56. The topological polar surface area (TPSA) is 56.6 Å². The Labute approximate surface area is 178 Å². The van der Waals surface area contributed by atoms with Crippen molar-refractivity contribution in [1.82, 2.24) is 14.7 Å². The summed E-state index contributed by atoms with van der Waals surface area (Å²) in [7, 11) is 1.44. The number of benzene rings is 1. The number of halogens is 2. The Morgan fingerprint density at radius 1 is 1.31 bits per heavy atom. The molecule has 6 nitrogen and oxygen atoms in total. The van der Waals surface area contributed by atoms with Gasteiger partial charge in [0.15, 0.2) is 11.6 Å². The van der Waals surface area contributed by atoms with Crippen LogP contribution in [0.2, 0.25) is 0 Å². The second-order valence-corrected chi connectivity index (χ2v) is 9.59. The van der Waals surface area contributed by atoms with E-state index >= 15 is 0 Å². The highest BCUT2D eigenvalue weighted by Gasteiger charge is 2.48. The van der Waals surface area contributed by atoms with Crippen LogP contribution >= 0.6 is 15.9 Å². The van der Waals surface area contributed by atoms with Crippen molar-refractivity contribution in [2.24, 2.45) is 5.92 Å². The van der Waals surface area contributed by atoms with E-state index in [1.54, 1.807) is 12.1 Å². The van der Waals surface area contributed by atoms with Gasteiger partial charge < -0.3 is 14.4 Å². The van der Waals surface area contributed by atoms with Crippen molar-refractivity contribution in [3.05, 3.63) is 34.7 Å². The van der Waals surface area contributed by atoms with Gasteiger partial charge in [0, 0.05) is 30.3 Å². The van der Waals surface area contributed by atoms with Crippen LogP contribution in [0.5, 0.6) is 5.75 Å². The number of carbonyl (C=O) groups is 1. The van der Waals surface area contributed by atoms with Crippen LogP contribution in [0.15, 0.2) is 28.9 Å². The molecule has 1 aliphatic heterocycles. The van der Waals surface area contributed by atoms with Crippen LogP contribution in [0.1, 0.15) is 39.7 Å². The van der Waals surface area contributed by atoms with Gasteiger partial charge in [0.1, 0.15) is 11.3 Å². The molecule has 1 amide bonds. The summed E-state index contributed by atoms with van der Waals surface area (Å²) in [6, 6.07) is 5.22. The molecule has 1 aliphatic carbocycles. The van der Waals surface area contributed by atoms with Gasteiger partial charge in [-0.05, 0) is 67.7 Å². The van der Waals surface area contributed by atoms with Gasteiger partial charge in [-0.25, -0.2) is 9.18 Å². The molecule has 2 aromatic rings. The Morgan fingerprint density at radius 3 is 2.66 bits per heavy atom. The Morgan fingerprint density at radius 2 is 2.07 bits per heavy atom. The molecule has 3 unspecified atom stereocenters. The van der Waals surface area contributed by atoms with Crippen LogP contribution < -0.4 is 4.74 Å². The second-order valence-electron chi connectivity index (χ2n) is 8.74. The first-order chi connectivity index (χ1) is 13.7. The lowest BCUT2D eigenvalue weighted by molar-refractivity contribution is 0.0162. The van der Waals surface area contributed by atoms with Crippen molar-refractivity contribution in [3.63, 3.8) is 0 Å². The molecule has 1 aromatic heterocycles. The summed E-state index contributed by atoms with van der Waals surface area (Å²) < 4.78 is 27.4. The summed E-state index contributed by atoms with van der Waals surface area (Å²) in [5.74, 6) is 0.124. The van der Waals surface area contributed by atoms with Gasteiger partial charge in [-0.15, -0.1) is 0 Å². The number of nitrogens with zero attached hydrogens (tertiary/aromatic N) is 3. The number of fused-ring (bicyclic) bond motifs is 2. The largest absolute Gasteiger partial charge is 0.494 e. The van der Waals surface area contributed by atoms with E-state index in [9.17, 15) is 9.18 Å². The molecular weight excluding hydrogens is 441 g/mol. The van der Waals surface area contributed by atoms with Crippen molar-refractivity contribution in [1.29, 1.82) is 0 Å². The van der Waals surface area contributed by atoms with Gasteiger partial charge in [0.25, 0.3) is 0 Å². The molecule has 2 fully saturated rings. The quantitative estimate of drug-likeness (QED) is 0.637. The predicted molar refractivity (Wildman–Crippen MR) is 110 cm³/mol. The first-order valence-corrected chi connectivity index (χ1v) is 10.5. The molecule has 2 bridgehead atoms. The third kappa shape index (κ3) is 3.86. The van der Waals surface area contributed by atoms with Crippen LogP contribution in [0, 0.1) is 11.7 Å². The fraction of sp³-hybridized carbons (Fsp3) is 0.524. The smallest absolute Gasteiger partial charge is 0.410 e. The summed E-state index contributed by atoms with van der Waals surface area (Å²) in [5.41, 5.74) is 0.888. The minimum atomic E-state index is -0.492. The molecule has 1 aromatic carbocycles. The van der Waals surface area contributed by atoms with Crippen molar-refractivity contribution in [2.45, 2.75) is 51.3 Å². The average Bonchev–Trinajstić information content (AvgIpc) is 3.33. The van der Waals surface area contributed by atoms with Gasteiger partial charge in [0.2, 0.25) is 0 Å². The summed E-state index contributed by atoms with van der Waals surface area (Å²) in [6.45, 7) is 6.32. The third-order valence-electron chi connectivity index (χ3n) is 5.58. The lowest BCUT2D eigenvalue weighted by atomic mass is 10.0. The monoisotopic (exact) mass is 465 g/mol. The van der Waals surface area contributed by atoms with Crippen molar-refractivity contribution < 1.29 is 18.7 Å². The van der Waals surface area contributed by atoms with Crippen LogP contribution in [0.4, 0.5) is 9.18 Å². The zero-order valence-electron chi connectivity index (χ0n) is 17.0.